The summed E-state index contributed by atoms with van der Waals surface area (Å²) < 4.78 is 34.5. The van der Waals surface area contributed by atoms with Crippen LogP contribution in [0.4, 0.5) is 5.82 Å². The van der Waals surface area contributed by atoms with Crippen LogP contribution < -0.4 is 5.32 Å². The largest absolute Gasteiger partial charge is 0.387 e. The molecule has 17 heteroatoms. The van der Waals surface area contributed by atoms with Crippen LogP contribution in [-0.4, -0.2) is 75.2 Å². The zero-order chi connectivity index (χ0) is 25.4. The van der Waals surface area contributed by atoms with Crippen molar-refractivity contribution in [2.24, 2.45) is 0 Å². The molecule has 5 atom stereocenters. The number of aromatic nitrogens is 4. The van der Waals surface area contributed by atoms with Crippen molar-refractivity contribution in [2.75, 3.05) is 17.8 Å². The number of rotatable bonds is 9. The van der Waals surface area contributed by atoms with Crippen molar-refractivity contribution in [3.63, 3.8) is 0 Å². The van der Waals surface area contributed by atoms with E-state index in [-0.39, 0.29) is 10.9 Å². The number of imidazole rings is 1. The molecule has 0 amide bonds. The Bertz CT molecular complexity index is 1290. The monoisotopic (exact) mass is 549 g/mol. The lowest BCUT2D eigenvalue weighted by molar-refractivity contribution is -0.0483. The fraction of sp³-hybridized carbons (Fsp3) is 0.389. The maximum atomic E-state index is 11.9. The van der Waals surface area contributed by atoms with Gasteiger partial charge in [0.15, 0.2) is 29.1 Å². The first-order chi connectivity index (χ1) is 16.4. The second-order valence-corrected chi connectivity index (χ2v) is 12.1. The molecule has 0 saturated carbocycles. The number of nitrogens with one attached hydrogen (secondary N) is 1. The first kappa shape index (κ1) is 26.1. The molecule has 1 fully saturated rings. The molecule has 0 spiro atoms. The molecule has 1 saturated heterocycles. The SMILES string of the molecule is O=P(O)(O)CP(=O)(O)OC[C@H]1O[C@@H](n2cnc3c(NCc4ccccc4)nc(Cl)nc32)[C@@H](O)C1O. The zero-order valence-corrected chi connectivity index (χ0v) is 20.4. The molecule has 3 heterocycles. The second kappa shape index (κ2) is 10.2. The Labute approximate surface area is 203 Å². The van der Waals surface area contributed by atoms with Crippen LogP contribution in [0.5, 0.6) is 0 Å². The Kier molecular flexibility index (Phi) is 7.60. The van der Waals surface area contributed by atoms with Crippen LogP contribution in [0.3, 0.4) is 0 Å². The van der Waals surface area contributed by atoms with E-state index < -0.39 is 52.2 Å². The van der Waals surface area contributed by atoms with E-state index in [1.54, 1.807) is 0 Å². The Balaban J connectivity index is 1.52. The van der Waals surface area contributed by atoms with Crippen LogP contribution in [0.15, 0.2) is 36.7 Å². The van der Waals surface area contributed by atoms with Crippen LogP contribution in [0.2, 0.25) is 5.28 Å². The quantitative estimate of drug-likeness (QED) is 0.163. The fourth-order valence-corrected chi connectivity index (χ4v) is 6.27. The smallest absolute Gasteiger partial charge is 0.340 e. The summed E-state index contributed by atoms with van der Waals surface area (Å²) in [7, 11) is -9.51. The van der Waals surface area contributed by atoms with E-state index in [1.807, 2.05) is 30.3 Å². The highest BCUT2D eigenvalue weighted by Crippen LogP contribution is 2.55. The predicted molar refractivity (Wildman–Crippen MR) is 123 cm³/mol. The van der Waals surface area contributed by atoms with Gasteiger partial charge in [-0.15, -0.1) is 0 Å². The summed E-state index contributed by atoms with van der Waals surface area (Å²) in [5.74, 6) is -1.07. The van der Waals surface area contributed by atoms with Crippen LogP contribution in [0.25, 0.3) is 11.2 Å². The molecule has 1 aliphatic heterocycles. The number of aliphatic hydroxyl groups excluding tert-OH is 2. The molecule has 4 rings (SSSR count). The number of halogens is 1. The molecule has 14 nitrogen and oxygen atoms in total. The predicted octanol–water partition coefficient (Wildman–Crippen LogP) is 1.05. The number of fused-ring (bicyclic) bond motifs is 1. The van der Waals surface area contributed by atoms with Crippen LogP contribution >= 0.6 is 26.8 Å². The summed E-state index contributed by atoms with van der Waals surface area (Å²) in [6, 6.07) is 9.51. The van der Waals surface area contributed by atoms with Gasteiger partial charge in [-0.25, -0.2) is 4.98 Å². The lowest BCUT2D eigenvalue weighted by Gasteiger charge is -2.18. The first-order valence-electron chi connectivity index (χ1n) is 10.1. The van der Waals surface area contributed by atoms with E-state index >= 15 is 0 Å². The second-order valence-electron chi connectivity index (χ2n) is 7.79. The Morgan fingerprint density at radius 3 is 2.51 bits per heavy atom. The summed E-state index contributed by atoms with van der Waals surface area (Å²) >= 11 is 6.09. The number of aliphatic hydroxyl groups is 2. The van der Waals surface area contributed by atoms with E-state index in [1.165, 1.54) is 10.9 Å². The van der Waals surface area contributed by atoms with Crippen LogP contribution in [0.1, 0.15) is 11.8 Å². The lowest BCUT2D eigenvalue weighted by Crippen LogP contribution is -2.33. The maximum Gasteiger partial charge on any atom is 0.340 e. The number of ether oxygens (including phenoxy) is 1. The van der Waals surface area contributed by atoms with Gasteiger partial charge in [-0.05, 0) is 17.2 Å². The Morgan fingerprint density at radius 2 is 1.83 bits per heavy atom. The number of hydrogen-bond donors (Lipinski definition) is 6. The van der Waals surface area contributed by atoms with E-state index in [4.69, 9.17) is 30.6 Å². The van der Waals surface area contributed by atoms with Gasteiger partial charge in [0.05, 0.1) is 12.9 Å². The van der Waals surface area contributed by atoms with Crippen molar-refractivity contribution in [1.82, 2.24) is 19.5 Å². The van der Waals surface area contributed by atoms with Gasteiger partial charge in [0.25, 0.3) is 0 Å². The normalized spacial score (nSPS) is 24.5. The number of benzene rings is 1. The van der Waals surface area contributed by atoms with Crippen LogP contribution in [-0.2, 0) is 24.9 Å². The van der Waals surface area contributed by atoms with Crippen LogP contribution in [0, 0.1) is 0 Å². The molecule has 0 radical (unpaired) electrons. The average molecular weight is 550 g/mol. The highest BCUT2D eigenvalue weighted by molar-refractivity contribution is 7.70. The van der Waals surface area contributed by atoms with Gasteiger partial charge in [-0.1, -0.05) is 30.3 Å². The minimum atomic E-state index is -4.83. The van der Waals surface area contributed by atoms with Crippen molar-refractivity contribution in [1.29, 1.82) is 0 Å². The number of nitrogens with zero attached hydrogens (tertiary/aromatic N) is 4. The van der Waals surface area contributed by atoms with Gasteiger partial charge in [-0.2, -0.15) is 9.97 Å². The summed E-state index contributed by atoms with van der Waals surface area (Å²) in [6.45, 7) is -0.290. The third kappa shape index (κ3) is 6.25. The van der Waals surface area contributed by atoms with Crippen molar-refractivity contribution >= 4 is 43.8 Å². The Hall–Kier alpha value is -1.96. The van der Waals surface area contributed by atoms with Gasteiger partial charge in [0, 0.05) is 6.54 Å². The molecular weight excluding hydrogens is 528 g/mol. The average Bonchev–Trinajstić information content (AvgIpc) is 3.31. The van der Waals surface area contributed by atoms with Crippen molar-refractivity contribution in [3.8, 4) is 0 Å². The van der Waals surface area contributed by atoms with Gasteiger partial charge < -0.3 is 39.5 Å². The van der Waals surface area contributed by atoms with Gasteiger partial charge >= 0.3 is 15.2 Å². The lowest BCUT2D eigenvalue weighted by atomic mass is 10.1. The standard InChI is InChI=1S/C18H22ClN5O9P2/c19-18-22-15(20-6-10-4-2-1-3-5-10)12-16(23-18)24(8-21-12)17-14(26)13(25)11(33-17)7-32-35(30,31)9-34(27,28)29/h1-5,8,11,13-14,17,25-26H,6-7,9H2,(H,30,31)(H,20,22,23)(H2,27,28,29)/t11-,13?,14+,17-/m1/s1. The zero-order valence-electron chi connectivity index (χ0n) is 17.8. The molecule has 2 aromatic heterocycles. The summed E-state index contributed by atoms with van der Waals surface area (Å²) in [4.78, 5) is 40.0. The fourth-order valence-electron chi connectivity index (χ4n) is 3.54. The summed E-state index contributed by atoms with van der Waals surface area (Å²) in [5, 5.41) is 23.9. The third-order valence-electron chi connectivity index (χ3n) is 5.11. The maximum absolute atomic E-state index is 11.9. The van der Waals surface area contributed by atoms with Crippen molar-refractivity contribution in [3.05, 3.63) is 47.5 Å². The molecule has 1 aliphatic rings. The topological polar surface area (TPSA) is 209 Å². The molecular formula is C18H22ClN5O9P2. The molecule has 6 N–H and O–H groups in total. The van der Waals surface area contributed by atoms with E-state index in [2.05, 4.69) is 20.3 Å². The number of anilines is 1. The highest BCUT2D eigenvalue weighted by atomic mass is 35.5. The molecule has 190 valence electrons. The van der Waals surface area contributed by atoms with E-state index in [0.717, 1.165) is 5.56 Å². The Morgan fingerprint density at radius 1 is 1.11 bits per heavy atom. The molecule has 35 heavy (non-hydrogen) atoms. The van der Waals surface area contributed by atoms with E-state index in [0.29, 0.717) is 17.9 Å². The minimum Gasteiger partial charge on any atom is -0.387 e. The van der Waals surface area contributed by atoms with Crippen molar-refractivity contribution < 1.29 is 43.3 Å². The molecule has 1 aromatic carbocycles. The van der Waals surface area contributed by atoms with E-state index in [9.17, 15) is 24.2 Å². The summed E-state index contributed by atoms with van der Waals surface area (Å²) in [5.41, 5.74) is 1.49. The third-order valence-corrected chi connectivity index (χ3v) is 8.74. The van der Waals surface area contributed by atoms with Gasteiger partial charge in [0.2, 0.25) is 5.28 Å². The highest BCUT2D eigenvalue weighted by Gasteiger charge is 2.45. The molecule has 0 bridgehead atoms. The minimum absolute atomic E-state index is 0.110. The molecule has 2 unspecified atom stereocenters. The van der Waals surface area contributed by atoms with Gasteiger partial charge in [0.1, 0.15) is 18.3 Å². The number of hydrogen-bond acceptors (Lipinski definition) is 10. The first-order valence-corrected chi connectivity index (χ1v) is 14.1. The molecule has 0 aliphatic carbocycles. The van der Waals surface area contributed by atoms with Gasteiger partial charge in [-0.3, -0.25) is 13.7 Å². The van der Waals surface area contributed by atoms with Crippen molar-refractivity contribution in [2.45, 2.75) is 31.1 Å². The molecule has 3 aromatic rings. The summed E-state index contributed by atoms with van der Waals surface area (Å²) in [6.07, 6.45) is -4.29.